The molecule has 0 amide bonds. The summed E-state index contributed by atoms with van der Waals surface area (Å²) in [5.41, 5.74) is 2.92. The van der Waals surface area contributed by atoms with Gasteiger partial charge in [-0.3, -0.25) is 0 Å². The van der Waals surface area contributed by atoms with Crippen LogP contribution in [0, 0.1) is 23.0 Å². The summed E-state index contributed by atoms with van der Waals surface area (Å²) >= 11 is 0. The smallest absolute Gasteiger partial charge is 0.338 e. The van der Waals surface area contributed by atoms with Gasteiger partial charge in [0, 0.05) is 17.0 Å². The predicted octanol–water partition coefficient (Wildman–Crippen LogP) is 5.92. The number of aromatic nitrogens is 1. The molecular formula is C27H18F2N2O3. The summed E-state index contributed by atoms with van der Waals surface area (Å²) in [6, 6.07) is 19.7. The Kier molecular flexibility index (Phi) is 6.60. The van der Waals surface area contributed by atoms with Gasteiger partial charge in [0.15, 0.2) is 11.6 Å². The van der Waals surface area contributed by atoms with Crippen LogP contribution in [0.4, 0.5) is 8.78 Å². The molecule has 168 valence electrons. The van der Waals surface area contributed by atoms with Gasteiger partial charge in [-0.25, -0.2) is 18.6 Å². The van der Waals surface area contributed by atoms with E-state index in [0.717, 1.165) is 17.7 Å². The maximum absolute atomic E-state index is 13.5. The normalized spacial score (nSPS) is 10.9. The SMILES string of the molecule is COC(=O)c1cccc(C#N)c1COc1ccc(C=Cc2ccc3cc(F)c(F)cc3n2)cc1. The van der Waals surface area contributed by atoms with E-state index in [-0.39, 0.29) is 12.2 Å². The second kappa shape index (κ2) is 9.92. The first-order chi connectivity index (χ1) is 16.5. The van der Waals surface area contributed by atoms with E-state index in [4.69, 9.17) is 9.47 Å². The van der Waals surface area contributed by atoms with Gasteiger partial charge in [-0.2, -0.15) is 5.26 Å². The summed E-state index contributed by atoms with van der Waals surface area (Å²) in [5.74, 6) is -1.82. The average molecular weight is 456 g/mol. The average Bonchev–Trinajstić information content (AvgIpc) is 2.86. The van der Waals surface area contributed by atoms with E-state index in [9.17, 15) is 18.8 Å². The monoisotopic (exact) mass is 456 g/mol. The van der Waals surface area contributed by atoms with Gasteiger partial charge in [-0.05, 0) is 48.0 Å². The lowest BCUT2D eigenvalue weighted by Gasteiger charge is -2.11. The number of esters is 1. The summed E-state index contributed by atoms with van der Waals surface area (Å²) in [4.78, 5) is 16.4. The number of hydrogen-bond acceptors (Lipinski definition) is 5. The molecule has 0 saturated carbocycles. The van der Waals surface area contributed by atoms with Crippen LogP contribution in [0.2, 0.25) is 0 Å². The second-order valence-corrected chi connectivity index (χ2v) is 7.32. The summed E-state index contributed by atoms with van der Waals surface area (Å²) in [6.07, 6.45) is 3.60. The van der Waals surface area contributed by atoms with Crippen LogP contribution in [0.3, 0.4) is 0 Å². The third-order valence-electron chi connectivity index (χ3n) is 5.16. The van der Waals surface area contributed by atoms with Crippen molar-refractivity contribution in [3.63, 3.8) is 0 Å². The van der Waals surface area contributed by atoms with Crippen LogP contribution < -0.4 is 4.74 Å². The summed E-state index contributed by atoms with van der Waals surface area (Å²) < 4.78 is 37.4. The number of halogens is 2. The van der Waals surface area contributed by atoms with Gasteiger partial charge in [0.25, 0.3) is 0 Å². The van der Waals surface area contributed by atoms with E-state index >= 15 is 0 Å². The number of methoxy groups -OCH3 is 1. The fourth-order valence-electron chi connectivity index (χ4n) is 3.39. The molecule has 5 nitrogen and oxygen atoms in total. The maximum atomic E-state index is 13.5. The molecule has 4 rings (SSSR count). The molecule has 7 heteroatoms. The van der Waals surface area contributed by atoms with Gasteiger partial charge in [-0.15, -0.1) is 0 Å². The van der Waals surface area contributed by atoms with E-state index in [0.29, 0.717) is 33.5 Å². The Morgan fingerprint density at radius 2 is 1.79 bits per heavy atom. The molecule has 0 saturated heterocycles. The van der Waals surface area contributed by atoms with Crippen LogP contribution in [-0.4, -0.2) is 18.1 Å². The van der Waals surface area contributed by atoms with E-state index in [1.165, 1.54) is 7.11 Å². The predicted molar refractivity (Wildman–Crippen MR) is 124 cm³/mol. The number of fused-ring (bicyclic) bond motifs is 1. The van der Waals surface area contributed by atoms with Crippen molar-refractivity contribution in [2.75, 3.05) is 7.11 Å². The van der Waals surface area contributed by atoms with Crippen LogP contribution in [0.25, 0.3) is 23.1 Å². The van der Waals surface area contributed by atoms with Crippen LogP contribution in [0.5, 0.6) is 5.75 Å². The van der Waals surface area contributed by atoms with E-state index in [1.807, 2.05) is 18.2 Å². The lowest BCUT2D eigenvalue weighted by molar-refractivity contribution is 0.0597. The lowest BCUT2D eigenvalue weighted by atomic mass is 10.0. The topological polar surface area (TPSA) is 72.2 Å². The molecule has 0 unspecified atom stereocenters. The highest BCUT2D eigenvalue weighted by molar-refractivity contribution is 5.91. The number of benzene rings is 3. The first-order valence-electron chi connectivity index (χ1n) is 10.3. The van der Waals surface area contributed by atoms with Gasteiger partial charge in [-0.1, -0.05) is 30.3 Å². The Morgan fingerprint density at radius 1 is 1.03 bits per heavy atom. The molecule has 1 aromatic heterocycles. The van der Waals surface area contributed by atoms with Gasteiger partial charge in [0.05, 0.1) is 35.5 Å². The molecule has 0 aliphatic carbocycles. The number of nitrogens with zero attached hydrogens (tertiary/aromatic N) is 2. The summed E-state index contributed by atoms with van der Waals surface area (Å²) in [5, 5.41) is 9.88. The van der Waals surface area contributed by atoms with Crippen LogP contribution in [0.1, 0.15) is 32.7 Å². The second-order valence-electron chi connectivity index (χ2n) is 7.32. The van der Waals surface area contributed by atoms with Crippen LogP contribution in [0.15, 0.2) is 66.7 Å². The molecule has 0 spiro atoms. The highest BCUT2D eigenvalue weighted by Gasteiger charge is 2.16. The molecule has 34 heavy (non-hydrogen) atoms. The summed E-state index contributed by atoms with van der Waals surface area (Å²) in [6.45, 7) is 0.0293. The van der Waals surface area contributed by atoms with Gasteiger partial charge < -0.3 is 9.47 Å². The Bertz CT molecular complexity index is 1440. The molecule has 4 aromatic rings. The number of hydrogen-bond donors (Lipinski definition) is 0. The Hall–Kier alpha value is -4.57. The van der Waals surface area contributed by atoms with Crippen molar-refractivity contribution in [3.8, 4) is 11.8 Å². The maximum Gasteiger partial charge on any atom is 0.338 e. The standard InChI is InChI=1S/C27H18F2N2O3/c1-33-27(32)22-4-2-3-19(15-30)23(22)16-34-21-11-6-17(7-12-21)5-9-20-10-8-18-13-24(28)25(29)14-26(18)31-20/h2-14H,16H2,1H3. The number of nitriles is 1. The number of pyridine rings is 1. The Balaban J connectivity index is 1.47. The van der Waals surface area contributed by atoms with Crippen molar-refractivity contribution in [1.82, 2.24) is 4.98 Å². The molecule has 0 fully saturated rings. The zero-order valence-electron chi connectivity index (χ0n) is 18.1. The minimum atomic E-state index is -0.937. The molecule has 3 aromatic carbocycles. The molecular weight excluding hydrogens is 438 g/mol. The zero-order valence-corrected chi connectivity index (χ0v) is 18.1. The van der Waals surface area contributed by atoms with Crippen LogP contribution in [-0.2, 0) is 11.3 Å². The number of rotatable bonds is 6. The minimum Gasteiger partial charge on any atom is -0.489 e. The first-order valence-corrected chi connectivity index (χ1v) is 10.3. The third kappa shape index (κ3) is 4.92. The summed E-state index contributed by atoms with van der Waals surface area (Å²) in [7, 11) is 1.28. The van der Waals surface area contributed by atoms with Crippen molar-refractivity contribution in [3.05, 3.63) is 106 Å². The molecule has 0 aliphatic rings. The lowest BCUT2D eigenvalue weighted by Crippen LogP contribution is -2.10. The first kappa shape index (κ1) is 22.6. The number of carbonyl (C=O) groups is 1. The highest BCUT2D eigenvalue weighted by Crippen LogP contribution is 2.21. The molecule has 0 N–H and O–H groups in total. The van der Waals surface area contributed by atoms with Crippen molar-refractivity contribution in [2.45, 2.75) is 6.61 Å². The Morgan fingerprint density at radius 3 is 2.53 bits per heavy atom. The van der Waals surface area contributed by atoms with E-state index in [2.05, 4.69) is 11.1 Å². The van der Waals surface area contributed by atoms with Gasteiger partial charge in [0.1, 0.15) is 12.4 Å². The minimum absolute atomic E-state index is 0.0293. The third-order valence-corrected chi connectivity index (χ3v) is 5.16. The van der Waals surface area contributed by atoms with Crippen molar-refractivity contribution in [2.24, 2.45) is 0 Å². The molecule has 0 bridgehead atoms. The fourth-order valence-corrected chi connectivity index (χ4v) is 3.39. The number of carbonyl (C=O) groups excluding carboxylic acids is 1. The van der Waals surface area contributed by atoms with Gasteiger partial charge >= 0.3 is 5.97 Å². The zero-order chi connectivity index (χ0) is 24.1. The highest BCUT2D eigenvalue weighted by atomic mass is 19.2. The fraction of sp³-hybridized carbons (Fsp3) is 0.0741. The quantitative estimate of drug-likeness (QED) is 0.337. The Labute approximate surface area is 194 Å². The van der Waals surface area contributed by atoms with Crippen molar-refractivity contribution >= 4 is 29.0 Å². The van der Waals surface area contributed by atoms with Crippen molar-refractivity contribution in [1.29, 1.82) is 5.26 Å². The van der Waals surface area contributed by atoms with Crippen LogP contribution >= 0.6 is 0 Å². The van der Waals surface area contributed by atoms with Gasteiger partial charge in [0.2, 0.25) is 0 Å². The molecule has 0 atom stereocenters. The van der Waals surface area contributed by atoms with Crippen molar-refractivity contribution < 1.29 is 23.0 Å². The number of ether oxygens (including phenoxy) is 2. The molecule has 1 heterocycles. The largest absolute Gasteiger partial charge is 0.489 e. The molecule has 0 aliphatic heterocycles. The van der Waals surface area contributed by atoms with E-state index < -0.39 is 17.6 Å². The van der Waals surface area contributed by atoms with E-state index in [1.54, 1.807) is 48.5 Å². The molecule has 0 radical (unpaired) electrons.